The van der Waals surface area contributed by atoms with Gasteiger partial charge in [0.1, 0.15) is 0 Å². The number of anilines is 1. The van der Waals surface area contributed by atoms with E-state index in [-0.39, 0.29) is 11.7 Å². The van der Waals surface area contributed by atoms with E-state index in [4.69, 9.17) is 11.6 Å². The third-order valence-corrected chi connectivity index (χ3v) is 7.58. The second-order valence-corrected chi connectivity index (χ2v) is 10.9. The van der Waals surface area contributed by atoms with Crippen LogP contribution in [0.25, 0.3) is 17.1 Å². The summed E-state index contributed by atoms with van der Waals surface area (Å²) in [5, 5.41) is 13.5. The number of amides is 1. The Kier molecular flexibility index (Phi) is 8.45. The number of thioether (sulfide) groups is 1. The molecule has 196 valence electrons. The lowest BCUT2D eigenvalue weighted by molar-refractivity contribution is -0.113. The second kappa shape index (κ2) is 12.3. The molecule has 39 heavy (non-hydrogen) atoms. The highest BCUT2D eigenvalue weighted by atomic mass is 35.5. The highest BCUT2D eigenvalue weighted by Gasteiger charge is 2.20. The molecule has 1 amide bonds. The minimum atomic E-state index is -0.0970. The molecular formula is C32H29ClN4OS. The molecule has 0 atom stereocenters. The van der Waals surface area contributed by atoms with Crippen molar-refractivity contribution in [2.75, 3.05) is 11.1 Å². The maximum atomic E-state index is 13.1. The molecule has 1 N–H and O–H groups in total. The van der Waals surface area contributed by atoms with Crippen LogP contribution in [0.4, 0.5) is 5.69 Å². The van der Waals surface area contributed by atoms with Crippen LogP contribution in [0.5, 0.6) is 0 Å². The van der Waals surface area contributed by atoms with Crippen molar-refractivity contribution in [3.63, 3.8) is 0 Å². The van der Waals surface area contributed by atoms with Gasteiger partial charge in [-0.25, -0.2) is 0 Å². The molecule has 0 aliphatic rings. The third kappa shape index (κ3) is 6.41. The summed E-state index contributed by atoms with van der Waals surface area (Å²) in [6.07, 6.45) is 0.745. The lowest BCUT2D eigenvalue weighted by atomic mass is 10.0. The first kappa shape index (κ1) is 26.7. The van der Waals surface area contributed by atoms with Gasteiger partial charge in [0.2, 0.25) is 5.91 Å². The molecule has 0 radical (unpaired) electrons. The molecule has 4 aromatic carbocycles. The van der Waals surface area contributed by atoms with E-state index in [1.165, 1.54) is 22.9 Å². The van der Waals surface area contributed by atoms with Crippen LogP contribution in [-0.4, -0.2) is 26.4 Å². The minimum absolute atomic E-state index is 0.0970. The molecule has 1 aromatic heterocycles. The fourth-order valence-corrected chi connectivity index (χ4v) is 5.35. The maximum Gasteiger partial charge on any atom is 0.234 e. The number of halogens is 1. The molecule has 7 heteroatoms. The van der Waals surface area contributed by atoms with Gasteiger partial charge in [0.25, 0.3) is 0 Å². The van der Waals surface area contributed by atoms with E-state index in [1.807, 2.05) is 83.4 Å². The molecular weight excluding hydrogens is 524 g/mol. The molecule has 5 aromatic rings. The smallest absolute Gasteiger partial charge is 0.234 e. The first-order valence-electron chi connectivity index (χ1n) is 12.8. The highest BCUT2D eigenvalue weighted by molar-refractivity contribution is 7.99. The Labute approximate surface area is 238 Å². The Morgan fingerprint density at radius 1 is 0.872 bits per heavy atom. The second-order valence-electron chi connectivity index (χ2n) is 9.52. The lowest BCUT2D eigenvalue weighted by Crippen LogP contribution is -2.16. The van der Waals surface area contributed by atoms with E-state index in [0.717, 1.165) is 28.9 Å². The molecule has 0 fully saturated rings. The van der Waals surface area contributed by atoms with Crippen LogP contribution in [0.3, 0.4) is 0 Å². The number of nitrogens with zero attached hydrogens (tertiary/aromatic N) is 3. The number of benzene rings is 4. The van der Waals surface area contributed by atoms with E-state index < -0.39 is 0 Å². The van der Waals surface area contributed by atoms with Crippen molar-refractivity contribution in [1.29, 1.82) is 0 Å². The monoisotopic (exact) mass is 552 g/mol. The summed E-state index contributed by atoms with van der Waals surface area (Å²) in [5.74, 6) is 1.10. The summed E-state index contributed by atoms with van der Waals surface area (Å²) in [4.78, 5) is 13.1. The number of carbonyl (C=O) groups excluding carboxylic acids is 1. The maximum absolute atomic E-state index is 13.1. The first-order valence-corrected chi connectivity index (χ1v) is 14.2. The fraction of sp³-hybridized carbons (Fsp3) is 0.156. The molecule has 0 aliphatic carbocycles. The van der Waals surface area contributed by atoms with Crippen LogP contribution >= 0.6 is 23.4 Å². The van der Waals surface area contributed by atoms with E-state index in [0.29, 0.717) is 21.9 Å². The summed E-state index contributed by atoms with van der Waals surface area (Å²) in [6, 6.07) is 34.0. The zero-order valence-electron chi connectivity index (χ0n) is 21.8. The van der Waals surface area contributed by atoms with Gasteiger partial charge in [-0.15, -0.1) is 10.2 Å². The van der Waals surface area contributed by atoms with Crippen molar-refractivity contribution in [1.82, 2.24) is 14.8 Å². The molecule has 0 saturated carbocycles. The Morgan fingerprint density at radius 3 is 2.33 bits per heavy atom. The molecule has 0 saturated heterocycles. The quantitative estimate of drug-likeness (QED) is 0.188. The standard InChI is InChI=1S/C32H29ClN4OS/c1-22(2)27-13-7-9-15-29(27)37-31(24-16-18-26(33)19-17-24)35-36-32(37)39-21-30(38)34-28-14-8-6-12-25(28)20-23-10-4-3-5-11-23/h3-19,22H,20-21H2,1-2H3,(H,34,38). The van der Waals surface area contributed by atoms with Crippen molar-refractivity contribution in [3.05, 3.63) is 125 Å². The number of para-hydroxylation sites is 2. The zero-order valence-corrected chi connectivity index (χ0v) is 23.4. The largest absolute Gasteiger partial charge is 0.325 e. The molecule has 5 nitrogen and oxygen atoms in total. The van der Waals surface area contributed by atoms with Crippen LogP contribution in [0.1, 0.15) is 36.5 Å². The van der Waals surface area contributed by atoms with Crippen LogP contribution < -0.4 is 5.32 Å². The number of aromatic nitrogens is 3. The fourth-order valence-electron chi connectivity index (χ4n) is 4.47. The van der Waals surface area contributed by atoms with Gasteiger partial charge in [0, 0.05) is 16.3 Å². The Bertz CT molecular complexity index is 1570. The van der Waals surface area contributed by atoms with Gasteiger partial charge in [0.05, 0.1) is 11.4 Å². The van der Waals surface area contributed by atoms with Crippen molar-refractivity contribution in [2.45, 2.75) is 31.3 Å². The van der Waals surface area contributed by atoms with E-state index >= 15 is 0 Å². The average molecular weight is 553 g/mol. The normalized spacial score (nSPS) is 11.1. The summed E-state index contributed by atoms with van der Waals surface area (Å²) < 4.78 is 2.04. The van der Waals surface area contributed by atoms with Crippen molar-refractivity contribution < 1.29 is 4.79 Å². The van der Waals surface area contributed by atoms with Gasteiger partial charge < -0.3 is 5.32 Å². The lowest BCUT2D eigenvalue weighted by Gasteiger charge is -2.17. The number of rotatable bonds is 9. The Balaban J connectivity index is 1.40. The van der Waals surface area contributed by atoms with Gasteiger partial charge in [-0.1, -0.05) is 104 Å². The summed E-state index contributed by atoms with van der Waals surface area (Å²) in [7, 11) is 0. The molecule has 1 heterocycles. The predicted molar refractivity (Wildman–Crippen MR) is 161 cm³/mol. The Morgan fingerprint density at radius 2 is 1.56 bits per heavy atom. The van der Waals surface area contributed by atoms with E-state index in [1.54, 1.807) is 0 Å². The SMILES string of the molecule is CC(C)c1ccccc1-n1c(SCC(=O)Nc2ccccc2Cc2ccccc2)nnc1-c1ccc(Cl)cc1. The Hall–Kier alpha value is -3.87. The molecule has 0 aliphatic heterocycles. The summed E-state index contributed by atoms with van der Waals surface area (Å²) in [6.45, 7) is 4.33. The number of hydrogen-bond acceptors (Lipinski definition) is 4. The number of hydrogen-bond donors (Lipinski definition) is 1. The highest BCUT2D eigenvalue weighted by Crippen LogP contribution is 2.32. The molecule has 0 unspecified atom stereocenters. The van der Waals surface area contributed by atoms with Crippen LogP contribution in [0.2, 0.25) is 5.02 Å². The van der Waals surface area contributed by atoms with Gasteiger partial charge >= 0.3 is 0 Å². The van der Waals surface area contributed by atoms with Gasteiger partial charge in [-0.05, 0) is 65.4 Å². The topological polar surface area (TPSA) is 59.8 Å². The van der Waals surface area contributed by atoms with Gasteiger partial charge in [-0.2, -0.15) is 0 Å². The van der Waals surface area contributed by atoms with Crippen LogP contribution in [0, 0.1) is 0 Å². The predicted octanol–water partition coefficient (Wildman–Crippen LogP) is 8.03. The van der Waals surface area contributed by atoms with Crippen LogP contribution in [-0.2, 0) is 11.2 Å². The van der Waals surface area contributed by atoms with Crippen molar-refractivity contribution in [3.8, 4) is 17.1 Å². The summed E-state index contributed by atoms with van der Waals surface area (Å²) in [5.41, 5.74) is 6.16. The average Bonchev–Trinajstić information content (AvgIpc) is 3.38. The molecule has 0 spiro atoms. The van der Waals surface area contributed by atoms with Crippen LogP contribution in [0.15, 0.2) is 108 Å². The zero-order chi connectivity index (χ0) is 27.2. The van der Waals surface area contributed by atoms with Gasteiger partial charge in [-0.3, -0.25) is 9.36 Å². The van der Waals surface area contributed by atoms with Gasteiger partial charge in [0.15, 0.2) is 11.0 Å². The van der Waals surface area contributed by atoms with Crippen molar-refractivity contribution >= 4 is 35.0 Å². The minimum Gasteiger partial charge on any atom is -0.325 e. The first-order chi connectivity index (χ1) is 19.0. The molecule has 0 bridgehead atoms. The van der Waals surface area contributed by atoms with E-state index in [2.05, 4.69) is 53.6 Å². The third-order valence-electron chi connectivity index (χ3n) is 6.40. The molecule has 5 rings (SSSR count). The number of nitrogens with one attached hydrogen (secondary N) is 1. The van der Waals surface area contributed by atoms with Crippen molar-refractivity contribution in [2.24, 2.45) is 0 Å². The van der Waals surface area contributed by atoms with E-state index in [9.17, 15) is 4.79 Å². The number of carbonyl (C=O) groups is 1. The summed E-state index contributed by atoms with van der Waals surface area (Å²) >= 11 is 7.51.